The van der Waals surface area contributed by atoms with Gasteiger partial charge in [0.25, 0.3) is 0 Å². The SMILES string of the molecule is Brc1ccc(-c2ccc3c(c2)C2(c4cc(-c5ccccc5)ccc4-3)c3ccccc3-c3c2ccc2ccccc32)cc1. The van der Waals surface area contributed by atoms with E-state index in [0.717, 1.165) is 4.47 Å². The zero-order valence-corrected chi connectivity index (χ0v) is 24.4. The predicted molar refractivity (Wildman–Crippen MR) is 179 cm³/mol. The first-order valence-electron chi connectivity index (χ1n) is 14.5. The summed E-state index contributed by atoms with van der Waals surface area (Å²) in [6.07, 6.45) is 0. The van der Waals surface area contributed by atoms with Gasteiger partial charge in [-0.15, -0.1) is 0 Å². The second kappa shape index (κ2) is 8.89. The Labute approximate surface area is 254 Å². The molecule has 0 saturated carbocycles. The highest BCUT2D eigenvalue weighted by atomic mass is 79.9. The van der Waals surface area contributed by atoms with E-state index >= 15 is 0 Å². The zero-order chi connectivity index (χ0) is 27.8. The first-order valence-corrected chi connectivity index (χ1v) is 15.3. The fraction of sp³-hybridized carbons (Fsp3) is 0.0244. The lowest BCUT2D eigenvalue weighted by atomic mass is 9.69. The van der Waals surface area contributed by atoms with E-state index in [9.17, 15) is 0 Å². The van der Waals surface area contributed by atoms with Gasteiger partial charge in [-0.1, -0.05) is 143 Å². The molecular weight excluding hydrogens is 572 g/mol. The molecule has 42 heavy (non-hydrogen) atoms. The van der Waals surface area contributed by atoms with Crippen LogP contribution in [0, 0.1) is 0 Å². The van der Waals surface area contributed by atoms with Crippen molar-refractivity contribution in [3.8, 4) is 44.5 Å². The third-order valence-corrected chi connectivity index (χ3v) is 9.88. The van der Waals surface area contributed by atoms with Crippen LogP contribution in [0.15, 0.2) is 156 Å². The number of hydrogen-bond donors (Lipinski definition) is 0. The molecule has 2 aliphatic carbocycles. The summed E-state index contributed by atoms with van der Waals surface area (Å²) in [5, 5.41) is 2.60. The Morgan fingerprint density at radius 3 is 1.71 bits per heavy atom. The Balaban J connectivity index is 1.42. The van der Waals surface area contributed by atoms with Crippen molar-refractivity contribution in [1.29, 1.82) is 0 Å². The van der Waals surface area contributed by atoms with Crippen molar-refractivity contribution >= 4 is 26.7 Å². The number of fused-ring (bicyclic) bond motifs is 12. The first kappa shape index (κ1) is 23.9. The van der Waals surface area contributed by atoms with Gasteiger partial charge in [0.2, 0.25) is 0 Å². The minimum atomic E-state index is -0.406. The van der Waals surface area contributed by atoms with E-state index in [0.29, 0.717) is 0 Å². The molecule has 7 aromatic carbocycles. The quantitative estimate of drug-likeness (QED) is 0.186. The van der Waals surface area contributed by atoms with Crippen LogP contribution in [0.2, 0.25) is 0 Å². The molecule has 0 amide bonds. The average Bonchev–Trinajstić information content (AvgIpc) is 3.52. The van der Waals surface area contributed by atoms with E-state index in [-0.39, 0.29) is 0 Å². The Bertz CT molecular complexity index is 2190. The summed E-state index contributed by atoms with van der Waals surface area (Å²) in [6, 6.07) is 56.3. The van der Waals surface area contributed by atoms with Crippen molar-refractivity contribution in [2.24, 2.45) is 0 Å². The lowest BCUT2D eigenvalue weighted by Crippen LogP contribution is -2.26. The molecule has 196 valence electrons. The zero-order valence-electron chi connectivity index (χ0n) is 22.8. The van der Waals surface area contributed by atoms with Crippen LogP contribution in [0.3, 0.4) is 0 Å². The van der Waals surface area contributed by atoms with Gasteiger partial charge in [0.1, 0.15) is 0 Å². The number of benzene rings is 7. The van der Waals surface area contributed by atoms with E-state index in [1.807, 2.05) is 0 Å². The molecule has 0 N–H and O–H groups in total. The number of hydrogen-bond acceptors (Lipinski definition) is 0. The van der Waals surface area contributed by atoms with Gasteiger partial charge in [-0.05, 0) is 102 Å². The molecule has 9 rings (SSSR count). The van der Waals surface area contributed by atoms with Crippen LogP contribution in [0.25, 0.3) is 55.3 Å². The van der Waals surface area contributed by atoms with Gasteiger partial charge in [0.05, 0.1) is 5.41 Å². The van der Waals surface area contributed by atoms with E-state index < -0.39 is 5.41 Å². The molecule has 0 bridgehead atoms. The van der Waals surface area contributed by atoms with Gasteiger partial charge in [-0.25, -0.2) is 0 Å². The van der Waals surface area contributed by atoms with Crippen LogP contribution in [0.5, 0.6) is 0 Å². The van der Waals surface area contributed by atoms with Crippen molar-refractivity contribution in [3.05, 3.63) is 178 Å². The maximum absolute atomic E-state index is 3.62. The smallest absolute Gasteiger partial charge is 0.0622 e. The van der Waals surface area contributed by atoms with Crippen molar-refractivity contribution in [2.75, 3.05) is 0 Å². The highest BCUT2D eigenvalue weighted by Crippen LogP contribution is 2.64. The lowest BCUT2D eigenvalue weighted by Gasteiger charge is -2.31. The highest BCUT2D eigenvalue weighted by molar-refractivity contribution is 9.10. The molecule has 0 nitrogen and oxygen atoms in total. The third-order valence-electron chi connectivity index (χ3n) is 9.36. The molecule has 0 radical (unpaired) electrons. The summed E-state index contributed by atoms with van der Waals surface area (Å²) in [5.74, 6) is 0. The average molecular weight is 598 g/mol. The molecule has 1 spiro atoms. The van der Waals surface area contributed by atoms with E-state index in [4.69, 9.17) is 0 Å². The maximum atomic E-state index is 3.62. The molecule has 1 heteroatoms. The Morgan fingerprint density at radius 2 is 0.976 bits per heavy atom. The Hall–Kier alpha value is -4.72. The Morgan fingerprint density at radius 1 is 0.381 bits per heavy atom. The lowest BCUT2D eigenvalue weighted by molar-refractivity contribution is 0.795. The molecule has 1 atom stereocenters. The van der Waals surface area contributed by atoms with Crippen LogP contribution in [-0.2, 0) is 5.41 Å². The van der Waals surface area contributed by atoms with Crippen molar-refractivity contribution in [2.45, 2.75) is 5.41 Å². The molecule has 0 heterocycles. The van der Waals surface area contributed by atoms with E-state index in [2.05, 4.69) is 168 Å². The van der Waals surface area contributed by atoms with Crippen molar-refractivity contribution in [3.63, 3.8) is 0 Å². The van der Waals surface area contributed by atoms with Crippen LogP contribution >= 0.6 is 15.9 Å². The molecular formula is C41H25Br. The van der Waals surface area contributed by atoms with E-state index in [1.54, 1.807) is 0 Å². The predicted octanol–water partition coefficient (Wildman–Crippen LogP) is 11.3. The Kier molecular flexibility index (Phi) is 5.06. The molecule has 0 aromatic heterocycles. The van der Waals surface area contributed by atoms with Crippen LogP contribution in [0.4, 0.5) is 0 Å². The summed E-state index contributed by atoms with van der Waals surface area (Å²) in [7, 11) is 0. The highest BCUT2D eigenvalue weighted by Gasteiger charge is 2.52. The second-order valence-corrected chi connectivity index (χ2v) is 12.3. The normalized spacial score (nSPS) is 15.8. The van der Waals surface area contributed by atoms with E-state index in [1.165, 1.54) is 77.5 Å². The minimum absolute atomic E-state index is 0.406. The monoisotopic (exact) mass is 596 g/mol. The maximum Gasteiger partial charge on any atom is 0.0726 e. The molecule has 1 unspecified atom stereocenters. The fourth-order valence-corrected chi connectivity index (χ4v) is 7.85. The second-order valence-electron chi connectivity index (χ2n) is 11.4. The largest absolute Gasteiger partial charge is 0.0726 e. The topological polar surface area (TPSA) is 0 Å². The van der Waals surface area contributed by atoms with Crippen molar-refractivity contribution in [1.82, 2.24) is 0 Å². The van der Waals surface area contributed by atoms with Gasteiger partial charge in [-0.3, -0.25) is 0 Å². The van der Waals surface area contributed by atoms with Gasteiger partial charge in [0.15, 0.2) is 0 Å². The number of halogens is 1. The summed E-state index contributed by atoms with van der Waals surface area (Å²) in [4.78, 5) is 0. The number of rotatable bonds is 2. The van der Waals surface area contributed by atoms with Gasteiger partial charge in [-0.2, -0.15) is 0 Å². The molecule has 2 aliphatic rings. The minimum Gasteiger partial charge on any atom is -0.0622 e. The fourth-order valence-electron chi connectivity index (χ4n) is 7.58. The molecule has 0 aliphatic heterocycles. The van der Waals surface area contributed by atoms with Gasteiger partial charge in [0, 0.05) is 4.47 Å². The summed E-state index contributed by atoms with van der Waals surface area (Å²) >= 11 is 3.62. The first-order chi connectivity index (χ1) is 20.7. The summed E-state index contributed by atoms with van der Waals surface area (Å²) in [5.41, 5.74) is 15.4. The molecule has 0 fully saturated rings. The van der Waals surface area contributed by atoms with Crippen LogP contribution in [-0.4, -0.2) is 0 Å². The van der Waals surface area contributed by atoms with Crippen molar-refractivity contribution < 1.29 is 0 Å². The van der Waals surface area contributed by atoms with Gasteiger partial charge >= 0.3 is 0 Å². The van der Waals surface area contributed by atoms with Crippen LogP contribution in [0.1, 0.15) is 22.3 Å². The molecule has 7 aromatic rings. The molecule has 0 saturated heterocycles. The third kappa shape index (κ3) is 3.17. The standard InChI is InChI=1S/C41H25Br/c42-31-19-14-27(15-20-31)30-17-22-34-33-21-16-29(26-8-2-1-3-9-26)24-38(33)41(39(34)25-30)36-13-7-6-12-35(36)40-32-11-5-4-10-28(32)18-23-37(40)41/h1-25H. The van der Waals surface area contributed by atoms with Gasteiger partial charge < -0.3 is 0 Å². The summed E-state index contributed by atoms with van der Waals surface area (Å²) in [6.45, 7) is 0. The van der Waals surface area contributed by atoms with Crippen LogP contribution < -0.4 is 0 Å². The summed E-state index contributed by atoms with van der Waals surface area (Å²) < 4.78 is 1.09.